The summed E-state index contributed by atoms with van der Waals surface area (Å²) < 4.78 is 10.1. The zero-order valence-corrected chi connectivity index (χ0v) is 15.8. The fourth-order valence-corrected chi connectivity index (χ4v) is 3.11. The van der Waals surface area contributed by atoms with Crippen LogP contribution in [0.15, 0.2) is 36.5 Å². The Kier molecular flexibility index (Phi) is 7.45. The minimum Gasteiger partial charge on any atom is -0.494 e. The summed E-state index contributed by atoms with van der Waals surface area (Å²) in [4.78, 5) is 15.6. The van der Waals surface area contributed by atoms with E-state index >= 15 is 0 Å². The van der Waals surface area contributed by atoms with E-state index in [-0.39, 0.29) is 5.97 Å². The molecule has 26 heavy (non-hydrogen) atoms. The summed E-state index contributed by atoms with van der Waals surface area (Å²) in [7, 11) is 3.05. The van der Waals surface area contributed by atoms with Crippen molar-refractivity contribution >= 4 is 11.7 Å². The smallest absolute Gasteiger partial charge is 0.305 e. The number of carbonyl (C=O) groups is 1. The lowest BCUT2D eigenvalue weighted by molar-refractivity contribution is -0.140. The van der Waals surface area contributed by atoms with Crippen LogP contribution in [0, 0.1) is 0 Å². The van der Waals surface area contributed by atoms with E-state index in [0.29, 0.717) is 23.8 Å². The van der Waals surface area contributed by atoms with E-state index in [4.69, 9.17) is 10.5 Å². The maximum atomic E-state index is 11.2. The molecule has 5 heteroatoms. The Morgan fingerprint density at radius 2 is 1.92 bits per heavy atom. The minimum atomic E-state index is -0.132. The number of pyridine rings is 1. The van der Waals surface area contributed by atoms with Gasteiger partial charge in [0.2, 0.25) is 0 Å². The minimum absolute atomic E-state index is 0.132. The van der Waals surface area contributed by atoms with Gasteiger partial charge in [-0.1, -0.05) is 37.6 Å². The zero-order valence-electron chi connectivity index (χ0n) is 15.8. The van der Waals surface area contributed by atoms with Gasteiger partial charge in [-0.2, -0.15) is 0 Å². The molecular formula is C21H28N2O3. The van der Waals surface area contributed by atoms with Gasteiger partial charge in [0.15, 0.2) is 0 Å². The third kappa shape index (κ3) is 5.22. The van der Waals surface area contributed by atoms with Gasteiger partial charge in [0, 0.05) is 18.1 Å². The quantitative estimate of drug-likeness (QED) is 0.526. The van der Waals surface area contributed by atoms with Gasteiger partial charge in [-0.25, -0.2) is 0 Å². The number of ether oxygens (including phenoxy) is 2. The number of anilines is 1. The Labute approximate surface area is 155 Å². The summed E-state index contributed by atoms with van der Waals surface area (Å²) in [6.45, 7) is 2.20. The molecule has 0 radical (unpaired) electrons. The second-order valence-corrected chi connectivity index (χ2v) is 6.37. The molecule has 0 saturated carbocycles. The Balaban J connectivity index is 2.04. The van der Waals surface area contributed by atoms with Crippen LogP contribution in [0.4, 0.5) is 5.69 Å². The maximum absolute atomic E-state index is 11.2. The van der Waals surface area contributed by atoms with E-state index in [0.717, 1.165) is 36.9 Å². The lowest BCUT2D eigenvalue weighted by Gasteiger charge is -2.16. The van der Waals surface area contributed by atoms with E-state index in [2.05, 4.69) is 40.9 Å². The van der Waals surface area contributed by atoms with Gasteiger partial charge in [0.25, 0.3) is 0 Å². The maximum Gasteiger partial charge on any atom is 0.305 e. The third-order valence-electron chi connectivity index (χ3n) is 4.65. The molecule has 0 aliphatic carbocycles. The van der Waals surface area contributed by atoms with Crippen molar-refractivity contribution in [1.82, 2.24) is 4.98 Å². The first-order chi connectivity index (χ1) is 12.6. The molecule has 0 amide bonds. The Hall–Kier alpha value is -2.56. The van der Waals surface area contributed by atoms with Gasteiger partial charge >= 0.3 is 5.97 Å². The molecule has 1 aromatic carbocycles. The number of esters is 1. The largest absolute Gasteiger partial charge is 0.494 e. The molecule has 2 N–H and O–H groups in total. The van der Waals surface area contributed by atoms with Gasteiger partial charge < -0.3 is 15.2 Å². The number of methoxy groups -OCH3 is 2. The van der Waals surface area contributed by atoms with Crippen LogP contribution >= 0.6 is 0 Å². The third-order valence-corrected chi connectivity index (χ3v) is 4.65. The summed E-state index contributed by atoms with van der Waals surface area (Å²) in [5.41, 5.74) is 9.47. The first-order valence-corrected chi connectivity index (χ1v) is 9.05. The van der Waals surface area contributed by atoms with Crippen LogP contribution in [0.3, 0.4) is 0 Å². The first-order valence-electron chi connectivity index (χ1n) is 9.05. The number of benzene rings is 1. The van der Waals surface area contributed by atoms with Crippen LogP contribution in [0.25, 0.3) is 11.3 Å². The van der Waals surface area contributed by atoms with E-state index in [1.807, 2.05) is 0 Å². The highest BCUT2D eigenvalue weighted by molar-refractivity contribution is 5.69. The number of unbranched alkanes of at least 4 members (excludes halogenated alkanes) is 1. The molecule has 1 atom stereocenters. The normalized spacial score (nSPS) is 11.8. The fraction of sp³-hybridized carbons (Fsp3) is 0.429. The van der Waals surface area contributed by atoms with Crippen molar-refractivity contribution in [3.8, 4) is 17.0 Å². The molecule has 2 rings (SSSR count). The highest BCUT2D eigenvalue weighted by atomic mass is 16.5. The van der Waals surface area contributed by atoms with Crippen LogP contribution in [-0.2, 0) is 9.53 Å². The average molecular weight is 356 g/mol. The van der Waals surface area contributed by atoms with Crippen LogP contribution in [0.1, 0.15) is 50.5 Å². The zero-order chi connectivity index (χ0) is 18.9. The number of nitrogens with zero attached hydrogens (tertiary/aromatic N) is 1. The lowest BCUT2D eigenvalue weighted by Crippen LogP contribution is -2.01. The van der Waals surface area contributed by atoms with Gasteiger partial charge in [-0.15, -0.1) is 0 Å². The topological polar surface area (TPSA) is 74.4 Å². The second kappa shape index (κ2) is 9.80. The summed E-state index contributed by atoms with van der Waals surface area (Å²) in [6, 6.07) is 10.2. The van der Waals surface area contributed by atoms with Gasteiger partial charge in [0.05, 0.1) is 26.1 Å². The lowest BCUT2D eigenvalue weighted by atomic mass is 9.90. The average Bonchev–Trinajstić information content (AvgIpc) is 2.68. The molecule has 0 bridgehead atoms. The fourth-order valence-electron chi connectivity index (χ4n) is 3.11. The molecule has 140 valence electrons. The molecule has 0 saturated heterocycles. The summed E-state index contributed by atoms with van der Waals surface area (Å²) >= 11 is 0. The summed E-state index contributed by atoms with van der Waals surface area (Å²) in [5.74, 6) is 1.03. The molecule has 1 heterocycles. The van der Waals surface area contributed by atoms with E-state index < -0.39 is 0 Å². The molecule has 1 unspecified atom stereocenters. The highest BCUT2D eigenvalue weighted by Gasteiger charge is 2.12. The number of hydrogen-bond acceptors (Lipinski definition) is 5. The number of aromatic nitrogens is 1. The molecule has 5 nitrogen and oxygen atoms in total. The monoisotopic (exact) mass is 356 g/mol. The predicted octanol–water partition coefficient (Wildman–Crippen LogP) is 4.57. The predicted molar refractivity (Wildman–Crippen MR) is 104 cm³/mol. The van der Waals surface area contributed by atoms with Crippen molar-refractivity contribution in [3.05, 3.63) is 42.1 Å². The summed E-state index contributed by atoms with van der Waals surface area (Å²) in [5, 5.41) is 0. The molecule has 2 aromatic rings. The van der Waals surface area contributed by atoms with Crippen molar-refractivity contribution in [2.24, 2.45) is 0 Å². The van der Waals surface area contributed by atoms with E-state index in [9.17, 15) is 4.79 Å². The number of nitrogen functional groups attached to an aromatic ring is 1. The summed E-state index contributed by atoms with van der Waals surface area (Å²) in [6.07, 6.45) is 6.16. The molecule has 0 aliphatic rings. The Bertz CT molecular complexity index is 714. The van der Waals surface area contributed by atoms with Gasteiger partial charge in [-0.05, 0) is 30.7 Å². The molecule has 1 aromatic heterocycles. The van der Waals surface area contributed by atoms with E-state index in [1.165, 1.54) is 12.7 Å². The van der Waals surface area contributed by atoms with E-state index in [1.54, 1.807) is 19.4 Å². The number of carbonyl (C=O) groups excluding carboxylic acids is 1. The highest BCUT2D eigenvalue weighted by Crippen LogP contribution is 2.32. The standard InChI is InChI=1S/C21H28N2O3/c1-4-15(7-5-6-8-20(24)26-3)16-9-11-17(12-10-16)21-19(25-2)13-18(22)14-23-21/h9-15H,4-8,22H2,1-3H3. The number of nitrogens with two attached hydrogens (primary N) is 1. The van der Waals surface area contributed by atoms with Crippen molar-refractivity contribution in [3.63, 3.8) is 0 Å². The molecular weight excluding hydrogens is 328 g/mol. The second-order valence-electron chi connectivity index (χ2n) is 6.37. The first kappa shape index (κ1) is 19.8. The van der Waals surface area contributed by atoms with Gasteiger partial charge in [0.1, 0.15) is 11.4 Å². The molecule has 0 spiro atoms. The van der Waals surface area contributed by atoms with Crippen LogP contribution in [-0.4, -0.2) is 25.2 Å². The van der Waals surface area contributed by atoms with Crippen molar-refractivity contribution < 1.29 is 14.3 Å². The van der Waals surface area contributed by atoms with Crippen LogP contribution in [0.2, 0.25) is 0 Å². The Morgan fingerprint density at radius 3 is 2.54 bits per heavy atom. The number of rotatable bonds is 9. The Morgan fingerprint density at radius 1 is 1.19 bits per heavy atom. The van der Waals surface area contributed by atoms with Crippen molar-refractivity contribution in [1.29, 1.82) is 0 Å². The van der Waals surface area contributed by atoms with Crippen molar-refractivity contribution in [2.45, 2.75) is 44.9 Å². The molecule has 0 fully saturated rings. The van der Waals surface area contributed by atoms with Gasteiger partial charge in [-0.3, -0.25) is 9.78 Å². The van der Waals surface area contributed by atoms with Crippen LogP contribution in [0.5, 0.6) is 5.75 Å². The SMILES string of the molecule is CCC(CCCCC(=O)OC)c1ccc(-c2ncc(N)cc2OC)cc1. The molecule has 0 aliphatic heterocycles. The van der Waals surface area contributed by atoms with Crippen LogP contribution < -0.4 is 10.5 Å². The number of hydrogen-bond donors (Lipinski definition) is 1. The van der Waals surface area contributed by atoms with Crippen molar-refractivity contribution in [2.75, 3.05) is 20.0 Å².